The van der Waals surface area contributed by atoms with E-state index < -0.39 is 5.60 Å². The van der Waals surface area contributed by atoms with Crippen LogP contribution in [0, 0.1) is 6.92 Å². The minimum absolute atomic E-state index is 0.0617. The molecule has 6 heteroatoms. The first-order valence-corrected chi connectivity index (χ1v) is 8.76. The number of rotatable bonds is 2. The van der Waals surface area contributed by atoms with Crippen LogP contribution in [-0.2, 0) is 0 Å². The summed E-state index contributed by atoms with van der Waals surface area (Å²) in [4.78, 5) is 26.9. The number of ether oxygens (including phenoxy) is 2. The first kappa shape index (κ1) is 16.7. The minimum Gasteiger partial charge on any atom is -0.497 e. The van der Waals surface area contributed by atoms with Crippen molar-refractivity contribution in [3.8, 4) is 11.5 Å². The summed E-state index contributed by atoms with van der Waals surface area (Å²) >= 11 is 0. The lowest BCUT2D eigenvalue weighted by Gasteiger charge is -2.43. The van der Waals surface area contributed by atoms with Crippen molar-refractivity contribution >= 4 is 11.7 Å². The summed E-state index contributed by atoms with van der Waals surface area (Å²) in [6, 6.07) is 8.79. The van der Waals surface area contributed by atoms with Crippen molar-refractivity contribution in [1.82, 2.24) is 4.90 Å². The van der Waals surface area contributed by atoms with Gasteiger partial charge in [-0.2, -0.15) is 0 Å². The Labute approximate surface area is 151 Å². The molecule has 136 valence electrons. The van der Waals surface area contributed by atoms with Crippen molar-refractivity contribution in [1.29, 1.82) is 0 Å². The summed E-state index contributed by atoms with van der Waals surface area (Å²) in [5.74, 6) is 2.27. The lowest BCUT2D eigenvalue weighted by atomic mass is 9.82. The number of piperidine rings is 1. The molecule has 0 saturated carbocycles. The summed E-state index contributed by atoms with van der Waals surface area (Å²) in [7, 11) is 1.57. The topological polar surface area (TPSA) is 69.0 Å². The predicted molar refractivity (Wildman–Crippen MR) is 93.9 cm³/mol. The first-order chi connectivity index (χ1) is 12.5. The number of benzene rings is 1. The molecule has 2 aliphatic rings. The van der Waals surface area contributed by atoms with Crippen molar-refractivity contribution < 1.29 is 23.5 Å². The average Bonchev–Trinajstić information content (AvgIpc) is 3.08. The number of methoxy groups -OCH3 is 1. The predicted octanol–water partition coefficient (Wildman–Crippen LogP) is 3.24. The molecule has 2 aromatic rings. The van der Waals surface area contributed by atoms with Crippen LogP contribution in [0.4, 0.5) is 0 Å². The van der Waals surface area contributed by atoms with E-state index >= 15 is 0 Å². The van der Waals surface area contributed by atoms with Crippen LogP contribution in [0.5, 0.6) is 11.5 Å². The third-order valence-electron chi connectivity index (χ3n) is 5.21. The fourth-order valence-corrected chi connectivity index (χ4v) is 3.70. The molecule has 1 amide bonds. The van der Waals surface area contributed by atoms with Crippen LogP contribution in [0.3, 0.4) is 0 Å². The zero-order valence-electron chi connectivity index (χ0n) is 14.9. The summed E-state index contributed by atoms with van der Waals surface area (Å²) in [6.07, 6.45) is 1.57. The van der Waals surface area contributed by atoms with Gasteiger partial charge in [0.25, 0.3) is 5.91 Å². The normalized spacial score (nSPS) is 18.4. The molecule has 0 N–H and O–H groups in total. The van der Waals surface area contributed by atoms with E-state index in [1.54, 1.807) is 42.3 Å². The van der Waals surface area contributed by atoms with Crippen molar-refractivity contribution in [2.24, 2.45) is 0 Å². The lowest BCUT2D eigenvalue weighted by Crippen LogP contribution is -2.52. The van der Waals surface area contributed by atoms with Gasteiger partial charge in [-0.15, -0.1) is 0 Å². The van der Waals surface area contributed by atoms with Gasteiger partial charge in [-0.3, -0.25) is 9.59 Å². The van der Waals surface area contributed by atoms with E-state index in [0.717, 1.165) is 5.76 Å². The molecule has 26 heavy (non-hydrogen) atoms. The van der Waals surface area contributed by atoms with E-state index in [0.29, 0.717) is 55.2 Å². The van der Waals surface area contributed by atoms with Crippen LogP contribution in [0.25, 0.3) is 0 Å². The maximum absolute atomic E-state index is 12.6. The number of hydrogen-bond donors (Lipinski definition) is 0. The number of likely N-dealkylation sites (tertiary alicyclic amines) is 1. The Morgan fingerprint density at radius 3 is 2.62 bits per heavy atom. The van der Waals surface area contributed by atoms with Crippen molar-refractivity contribution in [2.45, 2.75) is 31.8 Å². The fourth-order valence-electron chi connectivity index (χ4n) is 3.70. The lowest BCUT2D eigenvalue weighted by molar-refractivity contribution is -0.00650. The van der Waals surface area contributed by atoms with E-state index in [1.807, 2.05) is 6.92 Å². The maximum Gasteiger partial charge on any atom is 0.289 e. The Morgan fingerprint density at radius 2 is 1.96 bits per heavy atom. The van der Waals surface area contributed by atoms with E-state index in [1.165, 1.54) is 0 Å². The largest absolute Gasteiger partial charge is 0.497 e. The Balaban J connectivity index is 1.48. The van der Waals surface area contributed by atoms with Crippen LogP contribution in [0.15, 0.2) is 34.7 Å². The van der Waals surface area contributed by atoms with Gasteiger partial charge in [0.15, 0.2) is 11.5 Å². The molecule has 1 saturated heterocycles. The van der Waals surface area contributed by atoms with E-state index in [-0.39, 0.29) is 11.7 Å². The molecule has 0 radical (unpaired) electrons. The molecule has 0 bridgehead atoms. The van der Waals surface area contributed by atoms with Crippen LogP contribution in [0.1, 0.15) is 45.9 Å². The molecule has 1 aromatic carbocycles. The van der Waals surface area contributed by atoms with Gasteiger partial charge in [0, 0.05) is 25.9 Å². The van der Waals surface area contributed by atoms with Gasteiger partial charge < -0.3 is 18.8 Å². The summed E-state index contributed by atoms with van der Waals surface area (Å²) in [6.45, 7) is 2.89. The number of carbonyl (C=O) groups is 2. The molecule has 0 aliphatic carbocycles. The SMILES string of the molecule is COc1ccc2c(c1)C(=O)CC1(CCN(C(=O)c3ccc(C)o3)CC1)O2. The van der Waals surface area contributed by atoms with Crippen LogP contribution in [-0.4, -0.2) is 42.4 Å². The first-order valence-electron chi connectivity index (χ1n) is 8.76. The monoisotopic (exact) mass is 355 g/mol. The van der Waals surface area contributed by atoms with E-state index in [2.05, 4.69) is 0 Å². The van der Waals surface area contributed by atoms with Gasteiger partial charge >= 0.3 is 0 Å². The second-order valence-corrected chi connectivity index (χ2v) is 6.95. The molecule has 4 rings (SSSR count). The smallest absolute Gasteiger partial charge is 0.289 e. The third-order valence-corrected chi connectivity index (χ3v) is 5.21. The molecule has 1 fully saturated rings. The number of furan rings is 1. The van der Waals surface area contributed by atoms with Gasteiger partial charge in [-0.05, 0) is 37.3 Å². The third kappa shape index (κ3) is 2.85. The number of aryl methyl sites for hydroxylation is 1. The number of fused-ring (bicyclic) bond motifs is 1. The molecule has 6 nitrogen and oxygen atoms in total. The Morgan fingerprint density at radius 1 is 1.19 bits per heavy atom. The van der Waals surface area contributed by atoms with Gasteiger partial charge in [-0.25, -0.2) is 0 Å². The summed E-state index contributed by atoms with van der Waals surface area (Å²) in [5, 5.41) is 0. The quantitative estimate of drug-likeness (QED) is 0.827. The number of nitrogens with zero attached hydrogens (tertiary/aromatic N) is 1. The molecule has 1 aromatic heterocycles. The van der Waals surface area contributed by atoms with Gasteiger partial charge in [0.2, 0.25) is 0 Å². The standard InChI is InChI=1S/C20H21NO5/c1-13-3-5-18(25-13)19(23)21-9-7-20(8-10-21)12-16(22)15-11-14(24-2)4-6-17(15)26-20/h3-6,11H,7-10,12H2,1-2H3. The molecule has 3 heterocycles. The van der Waals surface area contributed by atoms with Gasteiger partial charge in [0.05, 0.1) is 19.1 Å². The zero-order valence-corrected chi connectivity index (χ0v) is 14.9. The Hall–Kier alpha value is -2.76. The second kappa shape index (κ2) is 6.20. The minimum atomic E-state index is -0.533. The highest BCUT2D eigenvalue weighted by atomic mass is 16.5. The van der Waals surface area contributed by atoms with Gasteiger partial charge in [-0.1, -0.05) is 0 Å². The van der Waals surface area contributed by atoms with Crippen LogP contribution in [0.2, 0.25) is 0 Å². The van der Waals surface area contributed by atoms with Gasteiger partial charge in [0.1, 0.15) is 22.9 Å². The van der Waals surface area contributed by atoms with Crippen molar-refractivity contribution in [3.05, 3.63) is 47.4 Å². The summed E-state index contributed by atoms with van der Waals surface area (Å²) in [5.41, 5.74) is 0.0358. The highest BCUT2D eigenvalue weighted by Gasteiger charge is 2.44. The molecular weight excluding hydrogens is 334 g/mol. The molecule has 0 unspecified atom stereocenters. The highest BCUT2D eigenvalue weighted by molar-refractivity contribution is 6.00. The fraction of sp³-hybridized carbons (Fsp3) is 0.400. The zero-order chi connectivity index (χ0) is 18.3. The average molecular weight is 355 g/mol. The molecule has 2 aliphatic heterocycles. The number of amides is 1. The van der Waals surface area contributed by atoms with E-state index in [9.17, 15) is 9.59 Å². The molecule has 0 atom stereocenters. The Kier molecular flexibility index (Phi) is 3.98. The number of Topliss-reactive ketones (excluding diaryl/α,β-unsaturated/α-hetero) is 1. The number of ketones is 1. The second-order valence-electron chi connectivity index (χ2n) is 6.95. The van der Waals surface area contributed by atoms with Crippen molar-refractivity contribution in [2.75, 3.05) is 20.2 Å². The maximum atomic E-state index is 12.6. The van der Waals surface area contributed by atoms with Crippen LogP contribution < -0.4 is 9.47 Å². The van der Waals surface area contributed by atoms with Crippen LogP contribution >= 0.6 is 0 Å². The van der Waals surface area contributed by atoms with E-state index in [4.69, 9.17) is 13.9 Å². The number of carbonyl (C=O) groups excluding carboxylic acids is 2. The highest BCUT2D eigenvalue weighted by Crippen LogP contribution is 2.40. The molecular formula is C20H21NO5. The molecule has 1 spiro atoms. The Bertz CT molecular complexity index is 861. The number of hydrogen-bond acceptors (Lipinski definition) is 5. The summed E-state index contributed by atoms with van der Waals surface area (Å²) < 4.78 is 16.9. The van der Waals surface area contributed by atoms with Crippen molar-refractivity contribution in [3.63, 3.8) is 0 Å².